The molecule has 3 aromatic rings. The van der Waals surface area contributed by atoms with E-state index in [1.807, 2.05) is 42.2 Å². The van der Waals surface area contributed by atoms with E-state index in [4.69, 9.17) is 18.7 Å². The van der Waals surface area contributed by atoms with E-state index in [0.717, 1.165) is 18.6 Å². The third-order valence-electron chi connectivity index (χ3n) is 5.44. The zero-order chi connectivity index (χ0) is 23.0. The summed E-state index contributed by atoms with van der Waals surface area (Å²) in [6, 6.07) is 14.9. The van der Waals surface area contributed by atoms with Crippen LogP contribution in [0.4, 0.5) is 0 Å². The van der Waals surface area contributed by atoms with Gasteiger partial charge in [0.05, 0.1) is 12.5 Å². The van der Waals surface area contributed by atoms with Crippen molar-refractivity contribution in [1.82, 2.24) is 15.0 Å². The van der Waals surface area contributed by atoms with Crippen molar-refractivity contribution in [3.63, 3.8) is 0 Å². The van der Waals surface area contributed by atoms with Gasteiger partial charge in [0, 0.05) is 18.7 Å². The number of hydrogen-bond acceptors (Lipinski definition) is 7. The molecule has 1 atom stereocenters. The highest BCUT2D eigenvalue weighted by Crippen LogP contribution is 2.31. The van der Waals surface area contributed by atoms with E-state index in [-0.39, 0.29) is 11.8 Å². The monoisotopic (exact) mass is 451 g/mol. The van der Waals surface area contributed by atoms with Crippen LogP contribution < -0.4 is 14.2 Å². The molecular weight excluding hydrogens is 422 g/mol. The van der Waals surface area contributed by atoms with E-state index < -0.39 is 0 Å². The van der Waals surface area contributed by atoms with Crippen LogP contribution in [-0.4, -0.2) is 53.9 Å². The van der Waals surface area contributed by atoms with Crippen molar-refractivity contribution in [1.29, 1.82) is 0 Å². The predicted molar refractivity (Wildman–Crippen MR) is 122 cm³/mol. The number of aryl methyl sites for hydroxylation is 1. The fraction of sp³-hybridized carbons (Fsp3) is 0.400. The van der Waals surface area contributed by atoms with Crippen molar-refractivity contribution in [3.8, 4) is 17.2 Å². The smallest absolute Gasteiger partial charge is 0.254 e. The van der Waals surface area contributed by atoms with Crippen LogP contribution in [0.15, 0.2) is 53.1 Å². The quantitative estimate of drug-likeness (QED) is 0.449. The molecule has 1 fully saturated rings. The van der Waals surface area contributed by atoms with Crippen LogP contribution in [0.25, 0.3) is 0 Å². The van der Waals surface area contributed by atoms with Crippen LogP contribution in [0.2, 0.25) is 0 Å². The van der Waals surface area contributed by atoms with Gasteiger partial charge in [0.2, 0.25) is 5.89 Å². The molecule has 2 heterocycles. The Kier molecular flexibility index (Phi) is 7.44. The fourth-order valence-corrected chi connectivity index (χ4v) is 3.88. The molecule has 8 nitrogen and oxygen atoms in total. The second-order valence-electron chi connectivity index (χ2n) is 7.87. The molecule has 2 aromatic carbocycles. The van der Waals surface area contributed by atoms with Gasteiger partial charge < -0.3 is 23.6 Å². The van der Waals surface area contributed by atoms with Crippen molar-refractivity contribution >= 4 is 5.91 Å². The molecule has 1 amide bonds. The van der Waals surface area contributed by atoms with E-state index in [1.165, 1.54) is 0 Å². The first-order chi connectivity index (χ1) is 16.1. The predicted octanol–water partition coefficient (Wildman–Crippen LogP) is 4.25. The number of amides is 1. The van der Waals surface area contributed by atoms with Crippen LogP contribution >= 0.6 is 0 Å². The molecule has 0 saturated carbocycles. The van der Waals surface area contributed by atoms with Gasteiger partial charge in [-0.2, -0.15) is 4.98 Å². The maximum Gasteiger partial charge on any atom is 0.254 e. The average molecular weight is 452 g/mol. The minimum atomic E-state index is -0.0455. The Bertz CT molecular complexity index is 1050. The lowest BCUT2D eigenvalue weighted by molar-refractivity contribution is 0.0695. The van der Waals surface area contributed by atoms with Gasteiger partial charge >= 0.3 is 0 Å². The largest absolute Gasteiger partial charge is 0.490 e. The van der Waals surface area contributed by atoms with Crippen molar-refractivity contribution in [2.24, 2.45) is 0 Å². The second-order valence-corrected chi connectivity index (χ2v) is 7.87. The van der Waals surface area contributed by atoms with Crippen LogP contribution in [0.1, 0.15) is 47.8 Å². The molecule has 0 N–H and O–H groups in total. The van der Waals surface area contributed by atoms with Crippen molar-refractivity contribution < 1.29 is 23.5 Å². The van der Waals surface area contributed by atoms with Crippen molar-refractivity contribution in [3.05, 3.63) is 65.8 Å². The number of rotatable bonds is 9. The first kappa shape index (κ1) is 22.6. The van der Waals surface area contributed by atoms with E-state index in [1.54, 1.807) is 25.1 Å². The number of para-hydroxylation sites is 1. The molecule has 1 aliphatic heterocycles. The van der Waals surface area contributed by atoms with Crippen molar-refractivity contribution in [2.75, 3.05) is 32.9 Å². The van der Waals surface area contributed by atoms with Crippen LogP contribution in [-0.2, 0) is 0 Å². The summed E-state index contributed by atoms with van der Waals surface area (Å²) in [5.74, 6) is 3.15. The van der Waals surface area contributed by atoms with Crippen LogP contribution in [0.3, 0.4) is 0 Å². The van der Waals surface area contributed by atoms with Gasteiger partial charge in [0.15, 0.2) is 17.3 Å². The number of carbonyl (C=O) groups is 1. The highest BCUT2D eigenvalue weighted by atomic mass is 16.5. The maximum atomic E-state index is 13.2. The topological polar surface area (TPSA) is 86.9 Å². The summed E-state index contributed by atoms with van der Waals surface area (Å²) in [7, 11) is 0. The number of aromatic nitrogens is 2. The van der Waals surface area contributed by atoms with E-state index in [9.17, 15) is 4.79 Å². The Morgan fingerprint density at radius 3 is 2.67 bits per heavy atom. The first-order valence-electron chi connectivity index (χ1n) is 11.3. The first-order valence-corrected chi connectivity index (χ1v) is 11.3. The van der Waals surface area contributed by atoms with Crippen LogP contribution in [0.5, 0.6) is 17.2 Å². The number of hydrogen-bond donors (Lipinski definition) is 0. The van der Waals surface area contributed by atoms with Gasteiger partial charge in [0.1, 0.15) is 19.0 Å². The SMILES string of the molecule is CCOc1cc(C(=O)N2CCCC(c3nc(C)no3)C2)ccc1OCCOc1ccccc1. The molecule has 0 bridgehead atoms. The van der Waals surface area contributed by atoms with Gasteiger partial charge in [-0.3, -0.25) is 4.79 Å². The fourth-order valence-electron chi connectivity index (χ4n) is 3.88. The lowest BCUT2D eigenvalue weighted by Crippen LogP contribution is -2.39. The van der Waals surface area contributed by atoms with E-state index in [0.29, 0.717) is 61.7 Å². The zero-order valence-corrected chi connectivity index (χ0v) is 19.0. The molecule has 8 heteroatoms. The Morgan fingerprint density at radius 1 is 1.09 bits per heavy atom. The molecule has 0 spiro atoms. The minimum absolute atomic E-state index is 0.0455. The molecule has 1 aliphatic rings. The number of benzene rings is 2. The van der Waals surface area contributed by atoms with Gasteiger partial charge in [0.25, 0.3) is 5.91 Å². The highest BCUT2D eigenvalue weighted by molar-refractivity contribution is 5.95. The molecule has 33 heavy (non-hydrogen) atoms. The lowest BCUT2D eigenvalue weighted by atomic mass is 9.97. The number of nitrogens with zero attached hydrogens (tertiary/aromatic N) is 3. The molecule has 0 aliphatic carbocycles. The minimum Gasteiger partial charge on any atom is -0.490 e. The van der Waals surface area contributed by atoms with Crippen LogP contribution in [0, 0.1) is 6.92 Å². The number of likely N-dealkylation sites (tertiary alicyclic amines) is 1. The Labute approximate surface area is 193 Å². The molecule has 1 saturated heterocycles. The van der Waals surface area contributed by atoms with Gasteiger partial charge in [-0.15, -0.1) is 0 Å². The normalized spacial score (nSPS) is 15.8. The summed E-state index contributed by atoms with van der Waals surface area (Å²) in [6.45, 7) is 6.18. The van der Waals surface area contributed by atoms with Gasteiger partial charge in [-0.05, 0) is 57.0 Å². The maximum absolute atomic E-state index is 13.2. The van der Waals surface area contributed by atoms with Gasteiger partial charge in [-0.25, -0.2) is 0 Å². The number of piperidine rings is 1. The summed E-state index contributed by atoms with van der Waals surface area (Å²) in [5, 5.41) is 3.88. The molecule has 4 rings (SSSR count). The molecular formula is C25H29N3O5. The third kappa shape index (κ3) is 5.83. The lowest BCUT2D eigenvalue weighted by Gasteiger charge is -2.31. The average Bonchev–Trinajstić information content (AvgIpc) is 3.29. The van der Waals surface area contributed by atoms with Crippen molar-refractivity contribution in [2.45, 2.75) is 32.6 Å². The summed E-state index contributed by atoms with van der Waals surface area (Å²) in [4.78, 5) is 19.4. The molecule has 174 valence electrons. The Balaban J connectivity index is 1.38. The summed E-state index contributed by atoms with van der Waals surface area (Å²) >= 11 is 0. The Morgan fingerprint density at radius 2 is 1.91 bits per heavy atom. The van der Waals surface area contributed by atoms with E-state index in [2.05, 4.69) is 10.1 Å². The Hall–Kier alpha value is -3.55. The summed E-state index contributed by atoms with van der Waals surface area (Å²) in [6.07, 6.45) is 1.81. The molecule has 1 aromatic heterocycles. The van der Waals surface area contributed by atoms with E-state index >= 15 is 0 Å². The van der Waals surface area contributed by atoms with Gasteiger partial charge in [-0.1, -0.05) is 23.4 Å². The summed E-state index contributed by atoms with van der Waals surface area (Å²) in [5.41, 5.74) is 0.564. The second kappa shape index (κ2) is 10.8. The summed E-state index contributed by atoms with van der Waals surface area (Å²) < 4.78 is 22.6. The molecule has 1 unspecified atom stereocenters. The number of carbonyl (C=O) groups excluding carboxylic acids is 1. The highest BCUT2D eigenvalue weighted by Gasteiger charge is 2.29. The zero-order valence-electron chi connectivity index (χ0n) is 19.0. The standard InChI is InChI=1S/C25H29N3O5/c1-3-30-23-16-19(11-12-22(23)32-15-14-31-21-9-5-4-6-10-21)25(29)28-13-7-8-20(17-28)24-26-18(2)27-33-24/h4-6,9-12,16,20H,3,7-8,13-15,17H2,1-2H3. The molecule has 0 radical (unpaired) electrons. The third-order valence-corrected chi connectivity index (χ3v) is 5.44. The number of ether oxygens (including phenoxy) is 3.